The van der Waals surface area contributed by atoms with Gasteiger partial charge in [-0.05, 0) is 31.5 Å². The second-order valence-electron chi connectivity index (χ2n) is 6.12. The van der Waals surface area contributed by atoms with Crippen LogP contribution in [0.5, 0.6) is 0 Å². The first-order chi connectivity index (χ1) is 13.0. The molecule has 1 atom stereocenters. The van der Waals surface area contributed by atoms with E-state index >= 15 is 0 Å². The van der Waals surface area contributed by atoms with Gasteiger partial charge in [-0.3, -0.25) is 4.79 Å². The van der Waals surface area contributed by atoms with E-state index in [4.69, 9.17) is 0 Å². The van der Waals surface area contributed by atoms with Crippen LogP contribution in [-0.4, -0.2) is 31.4 Å². The number of nitrogens with one attached hydrogen (secondary N) is 2. The standard InChI is InChI=1S/C17H19F4N3O3S/c1-3-10(2)23-28(26,27)12-7-15(24(8-12)9-16(20)21)17(25)22-11-4-5-13(18)14(19)6-11/h4-8,10,16,23H,3,9H2,1-2H3,(H,22,25)/t10-/m1/s1. The normalized spacial score (nSPS) is 13.0. The average molecular weight is 421 g/mol. The van der Waals surface area contributed by atoms with Gasteiger partial charge in [-0.1, -0.05) is 6.92 Å². The Bertz CT molecular complexity index is 961. The Hall–Kier alpha value is -2.40. The summed E-state index contributed by atoms with van der Waals surface area (Å²) >= 11 is 0. The molecule has 11 heteroatoms. The van der Waals surface area contributed by atoms with Gasteiger partial charge >= 0.3 is 0 Å². The zero-order valence-corrected chi connectivity index (χ0v) is 15.9. The quantitative estimate of drug-likeness (QED) is 0.642. The van der Waals surface area contributed by atoms with Gasteiger partial charge in [0.2, 0.25) is 10.0 Å². The molecule has 2 rings (SSSR count). The number of nitrogens with zero attached hydrogens (tertiary/aromatic N) is 1. The molecular weight excluding hydrogens is 402 g/mol. The van der Waals surface area contributed by atoms with Crippen molar-refractivity contribution in [3.05, 3.63) is 47.8 Å². The third-order valence-corrected chi connectivity index (χ3v) is 5.45. The predicted octanol–water partition coefficient (Wildman–Crippen LogP) is 3.36. The third kappa shape index (κ3) is 5.32. The summed E-state index contributed by atoms with van der Waals surface area (Å²) in [7, 11) is -4.03. The van der Waals surface area contributed by atoms with Gasteiger partial charge in [0, 0.05) is 24.0 Å². The zero-order chi connectivity index (χ0) is 21.1. The second kappa shape index (κ2) is 8.74. The number of alkyl halides is 2. The first kappa shape index (κ1) is 21.9. The van der Waals surface area contributed by atoms with Crippen LogP contribution in [0, 0.1) is 11.6 Å². The lowest BCUT2D eigenvalue weighted by molar-refractivity contribution is 0.0997. The lowest BCUT2D eigenvalue weighted by Crippen LogP contribution is -2.31. The van der Waals surface area contributed by atoms with Crippen molar-refractivity contribution in [2.24, 2.45) is 0 Å². The smallest absolute Gasteiger partial charge is 0.272 e. The minimum atomic E-state index is -4.03. The fourth-order valence-corrected chi connectivity index (χ4v) is 3.67. The van der Waals surface area contributed by atoms with Crippen molar-refractivity contribution in [3.63, 3.8) is 0 Å². The van der Waals surface area contributed by atoms with Crippen molar-refractivity contribution in [2.75, 3.05) is 5.32 Å². The molecular formula is C17H19F4N3O3S. The van der Waals surface area contributed by atoms with E-state index in [0.717, 1.165) is 35.0 Å². The Balaban J connectivity index is 2.36. The SMILES string of the molecule is CC[C@@H](C)NS(=O)(=O)c1cc(C(=O)Nc2ccc(F)c(F)c2)n(CC(F)F)c1. The van der Waals surface area contributed by atoms with E-state index in [0.29, 0.717) is 6.42 Å². The predicted molar refractivity (Wildman–Crippen MR) is 94.8 cm³/mol. The summed E-state index contributed by atoms with van der Waals surface area (Å²) in [6, 6.07) is 3.13. The largest absolute Gasteiger partial charge is 0.336 e. The van der Waals surface area contributed by atoms with Crippen LogP contribution in [0.15, 0.2) is 35.4 Å². The summed E-state index contributed by atoms with van der Waals surface area (Å²) < 4.78 is 79.9. The molecule has 2 aromatic rings. The number of halogens is 4. The first-order valence-corrected chi connectivity index (χ1v) is 9.78. The van der Waals surface area contributed by atoms with Crippen LogP contribution in [-0.2, 0) is 16.6 Å². The molecule has 1 aromatic carbocycles. The maximum absolute atomic E-state index is 13.3. The maximum Gasteiger partial charge on any atom is 0.272 e. The van der Waals surface area contributed by atoms with E-state index < -0.39 is 46.6 Å². The van der Waals surface area contributed by atoms with Crippen molar-refractivity contribution >= 4 is 21.6 Å². The molecule has 0 saturated heterocycles. The molecule has 0 bridgehead atoms. The van der Waals surface area contributed by atoms with E-state index in [1.54, 1.807) is 13.8 Å². The summed E-state index contributed by atoms with van der Waals surface area (Å²) in [4.78, 5) is 12.1. The molecule has 2 N–H and O–H groups in total. The Morgan fingerprint density at radius 2 is 1.86 bits per heavy atom. The van der Waals surface area contributed by atoms with Gasteiger partial charge in [0.15, 0.2) is 11.6 Å². The fourth-order valence-electron chi connectivity index (χ4n) is 2.31. The molecule has 0 fully saturated rings. The monoisotopic (exact) mass is 421 g/mol. The van der Waals surface area contributed by atoms with Crippen LogP contribution < -0.4 is 10.0 Å². The molecule has 0 aliphatic rings. The number of sulfonamides is 1. The molecule has 0 saturated carbocycles. The Labute approximate surface area is 159 Å². The molecule has 0 unspecified atom stereocenters. The van der Waals surface area contributed by atoms with Crippen LogP contribution in [0.3, 0.4) is 0 Å². The van der Waals surface area contributed by atoms with E-state index in [1.165, 1.54) is 0 Å². The minimum absolute atomic E-state index is 0.115. The van der Waals surface area contributed by atoms with Crippen LogP contribution in [0.2, 0.25) is 0 Å². The number of hydrogen-bond acceptors (Lipinski definition) is 3. The number of amides is 1. The molecule has 0 radical (unpaired) electrons. The zero-order valence-electron chi connectivity index (χ0n) is 15.0. The van der Waals surface area contributed by atoms with Crippen molar-refractivity contribution in [1.29, 1.82) is 0 Å². The van der Waals surface area contributed by atoms with Gasteiger partial charge in [0.1, 0.15) is 10.6 Å². The molecule has 0 spiro atoms. The van der Waals surface area contributed by atoms with E-state index in [2.05, 4.69) is 10.0 Å². The van der Waals surface area contributed by atoms with Crippen molar-refractivity contribution in [2.45, 2.75) is 44.2 Å². The van der Waals surface area contributed by atoms with Crippen LogP contribution in [0.4, 0.5) is 23.2 Å². The van der Waals surface area contributed by atoms with Gasteiger partial charge in [-0.25, -0.2) is 30.7 Å². The van der Waals surface area contributed by atoms with Crippen molar-refractivity contribution in [3.8, 4) is 0 Å². The van der Waals surface area contributed by atoms with Crippen molar-refractivity contribution < 1.29 is 30.8 Å². The highest BCUT2D eigenvalue weighted by Crippen LogP contribution is 2.19. The lowest BCUT2D eigenvalue weighted by Gasteiger charge is -2.10. The van der Waals surface area contributed by atoms with Crippen LogP contribution in [0.1, 0.15) is 30.8 Å². The fraction of sp³-hybridized carbons (Fsp3) is 0.353. The van der Waals surface area contributed by atoms with Crippen LogP contribution in [0.25, 0.3) is 0 Å². The number of carbonyl (C=O) groups is 1. The van der Waals surface area contributed by atoms with Crippen molar-refractivity contribution in [1.82, 2.24) is 9.29 Å². The summed E-state index contributed by atoms with van der Waals surface area (Å²) in [6.45, 7) is 2.47. The summed E-state index contributed by atoms with van der Waals surface area (Å²) in [5.74, 6) is -3.28. The molecule has 28 heavy (non-hydrogen) atoms. The van der Waals surface area contributed by atoms with Gasteiger partial charge < -0.3 is 9.88 Å². The number of rotatable bonds is 8. The van der Waals surface area contributed by atoms with Gasteiger partial charge in [-0.15, -0.1) is 0 Å². The third-order valence-electron chi connectivity index (χ3n) is 3.90. The maximum atomic E-state index is 13.3. The van der Waals surface area contributed by atoms with E-state index in [9.17, 15) is 30.8 Å². The highest BCUT2D eigenvalue weighted by Gasteiger charge is 2.24. The summed E-state index contributed by atoms with van der Waals surface area (Å²) in [5, 5.41) is 2.23. The summed E-state index contributed by atoms with van der Waals surface area (Å²) in [6.07, 6.45) is -1.42. The van der Waals surface area contributed by atoms with E-state index in [-0.39, 0.29) is 16.3 Å². The molecule has 0 aliphatic carbocycles. The Morgan fingerprint density at radius 3 is 2.43 bits per heavy atom. The lowest BCUT2D eigenvalue weighted by atomic mass is 10.3. The molecule has 1 amide bonds. The number of carbonyl (C=O) groups excluding carboxylic acids is 1. The van der Waals surface area contributed by atoms with Gasteiger partial charge in [0.25, 0.3) is 12.3 Å². The molecule has 1 aromatic heterocycles. The molecule has 154 valence electrons. The van der Waals surface area contributed by atoms with Gasteiger partial charge in [0.05, 0.1) is 6.54 Å². The van der Waals surface area contributed by atoms with Crippen LogP contribution >= 0.6 is 0 Å². The first-order valence-electron chi connectivity index (χ1n) is 8.30. The Morgan fingerprint density at radius 1 is 1.18 bits per heavy atom. The highest BCUT2D eigenvalue weighted by atomic mass is 32.2. The van der Waals surface area contributed by atoms with E-state index in [1.807, 2.05) is 0 Å². The minimum Gasteiger partial charge on any atom is -0.336 e. The number of benzene rings is 1. The Kier molecular flexibility index (Phi) is 6.83. The number of aromatic nitrogens is 1. The molecule has 1 heterocycles. The number of hydrogen-bond donors (Lipinski definition) is 2. The molecule has 0 aliphatic heterocycles. The summed E-state index contributed by atoms with van der Waals surface area (Å²) in [5.41, 5.74) is -0.481. The topological polar surface area (TPSA) is 80.2 Å². The molecule has 6 nitrogen and oxygen atoms in total. The number of anilines is 1. The highest BCUT2D eigenvalue weighted by molar-refractivity contribution is 7.89. The van der Waals surface area contributed by atoms with Gasteiger partial charge in [-0.2, -0.15) is 0 Å². The average Bonchev–Trinajstić information content (AvgIpc) is 3.02. The second-order valence-corrected chi connectivity index (χ2v) is 7.83.